The van der Waals surface area contributed by atoms with Crippen molar-refractivity contribution in [3.05, 3.63) is 23.8 Å². The van der Waals surface area contributed by atoms with Gasteiger partial charge in [-0.05, 0) is 37.0 Å². The molecule has 1 fully saturated rings. The second-order valence-electron chi connectivity index (χ2n) is 5.18. The zero-order valence-corrected chi connectivity index (χ0v) is 11.1. The van der Waals surface area contributed by atoms with Crippen LogP contribution in [-0.4, -0.2) is 25.7 Å². The quantitative estimate of drug-likeness (QED) is 0.899. The van der Waals surface area contributed by atoms with Crippen LogP contribution in [-0.2, 0) is 11.2 Å². The predicted octanol–water partition coefficient (Wildman–Crippen LogP) is 1.42. The van der Waals surface area contributed by atoms with Gasteiger partial charge in [-0.2, -0.15) is 5.26 Å². The van der Waals surface area contributed by atoms with E-state index in [9.17, 15) is 4.79 Å². The van der Waals surface area contributed by atoms with Crippen molar-refractivity contribution in [1.82, 2.24) is 5.32 Å². The van der Waals surface area contributed by atoms with Crippen molar-refractivity contribution in [2.24, 2.45) is 5.41 Å². The Balaban J connectivity index is 1.54. The molecule has 0 aromatic heterocycles. The number of ether oxygens (including phenoxy) is 2. The molecule has 2 aliphatic rings. The number of nitrogens with zero attached hydrogens (tertiary/aromatic N) is 1. The van der Waals surface area contributed by atoms with Crippen LogP contribution in [0.5, 0.6) is 11.5 Å². The number of fused-ring (bicyclic) bond motifs is 1. The summed E-state index contributed by atoms with van der Waals surface area (Å²) in [5.41, 5.74) is 0.337. The van der Waals surface area contributed by atoms with Crippen LogP contribution in [0, 0.1) is 16.7 Å². The minimum absolute atomic E-state index is 0.141. The van der Waals surface area contributed by atoms with E-state index in [0.29, 0.717) is 39.0 Å². The third kappa shape index (κ3) is 2.42. The summed E-state index contributed by atoms with van der Waals surface area (Å²) in [5, 5.41) is 11.8. The molecule has 1 aromatic carbocycles. The van der Waals surface area contributed by atoms with Gasteiger partial charge in [-0.3, -0.25) is 4.79 Å². The second-order valence-corrected chi connectivity index (χ2v) is 5.18. The zero-order valence-electron chi connectivity index (χ0n) is 11.1. The topological polar surface area (TPSA) is 71.4 Å². The first-order chi connectivity index (χ1) is 9.73. The summed E-state index contributed by atoms with van der Waals surface area (Å²) in [6.45, 7) is 1.68. The van der Waals surface area contributed by atoms with Gasteiger partial charge in [0.05, 0.1) is 6.07 Å². The van der Waals surface area contributed by atoms with Crippen LogP contribution >= 0.6 is 0 Å². The van der Waals surface area contributed by atoms with Crippen molar-refractivity contribution in [3.63, 3.8) is 0 Å². The van der Waals surface area contributed by atoms with E-state index in [1.54, 1.807) is 0 Å². The van der Waals surface area contributed by atoms with Gasteiger partial charge < -0.3 is 14.8 Å². The number of benzene rings is 1. The molecule has 20 heavy (non-hydrogen) atoms. The minimum Gasteiger partial charge on any atom is -0.486 e. The molecule has 3 rings (SSSR count). The van der Waals surface area contributed by atoms with E-state index in [4.69, 9.17) is 14.7 Å². The highest BCUT2D eigenvalue weighted by Crippen LogP contribution is 2.44. The summed E-state index contributed by atoms with van der Waals surface area (Å²) in [4.78, 5) is 11.8. The van der Waals surface area contributed by atoms with Crippen LogP contribution in [0.2, 0.25) is 0 Å². The SMILES string of the molecule is N#CC1(C(=O)NCCc2ccc3c(c2)OCCO3)CC1. The highest BCUT2D eigenvalue weighted by molar-refractivity contribution is 5.88. The van der Waals surface area contributed by atoms with Crippen LogP contribution < -0.4 is 14.8 Å². The molecule has 1 aliphatic carbocycles. The molecule has 0 bridgehead atoms. The van der Waals surface area contributed by atoms with Crippen LogP contribution in [0.25, 0.3) is 0 Å². The van der Waals surface area contributed by atoms with Gasteiger partial charge in [-0.25, -0.2) is 0 Å². The number of carbonyl (C=O) groups is 1. The van der Waals surface area contributed by atoms with E-state index in [0.717, 1.165) is 17.1 Å². The lowest BCUT2D eigenvalue weighted by Crippen LogP contribution is -2.32. The summed E-state index contributed by atoms with van der Waals surface area (Å²) in [6.07, 6.45) is 2.07. The highest BCUT2D eigenvalue weighted by atomic mass is 16.6. The number of hydrogen-bond donors (Lipinski definition) is 1. The molecule has 0 saturated heterocycles. The maximum atomic E-state index is 11.8. The Hall–Kier alpha value is -2.22. The van der Waals surface area contributed by atoms with Gasteiger partial charge in [-0.15, -0.1) is 0 Å². The lowest BCUT2D eigenvalue weighted by atomic mass is 10.1. The predicted molar refractivity (Wildman–Crippen MR) is 71.4 cm³/mol. The Morgan fingerprint density at radius 1 is 1.30 bits per heavy atom. The van der Waals surface area contributed by atoms with E-state index in [1.165, 1.54) is 0 Å². The van der Waals surface area contributed by atoms with Crippen LogP contribution in [0.4, 0.5) is 0 Å². The van der Waals surface area contributed by atoms with Gasteiger partial charge >= 0.3 is 0 Å². The van der Waals surface area contributed by atoms with E-state index in [-0.39, 0.29) is 5.91 Å². The lowest BCUT2D eigenvalue weighted by Gasteiger charge is -2.19. The third-order valence-corrected chi connectivity index (χ3v) is 3.70. The summed E-state index contributed by atoms with van der Waals surface area (Å²) < 4.78 is 11.0. The fourth-order valence-corrected chi connectivity index (χ4v) is 2.25. The maximum Gasteiger partial charge on any atom is 0.240 e. The molecule has 1 saturated carbocycles. The normalized spacial score (nSPS) is 17.9. The van der Waals surface area contributed by atoms with Crippen molar-refractivity contribution in [1.29, 1.82) is 5.26 Å². The Morgan fingerprint density at radius 3 is 2.75 bits per heavy atom. The smallest absolute Gasteiger partial charge is 0.240 e. The summed E-state index contributed by atoms with van der Waals surface area (Å²) in [5.74, 6) is 1.39. The molecule has 0 spiro atoms. The number of nitrogens with one attached hydrogen (secondary N) is 1. The van der Waals surface area contributed by atoms with E-state index in [2.05, 4.69) is 11.4 Å². The molecule has 5 nitrogen and oxygen atoms in total. The Bertz CT molecular complexity index is 573. The van der Waals surface area contributed by atoms with Gasteiger partial charge in [0.2, 0.25) is 5.91 Å². The largest absolute Gasteiger partial charge is 0.486 e. The maximum absolute atomic E-state index is 11.8. The van der Waals surface area contributed by atoms with Gasteiger partial charge in [0.1, 0.15) is 18.6 Å². The van der Waals surface area contributed by atoms with Crippen molar-refractivity contribution < 1.29 is 14.3 Å². The molecule has 1 heterocycles. The van der Waals surface area contributed by atoms with Gasteiger partial charge in [0.15, 0.2) is 11.5 Å². The lowest BCUT2D eigenvalue weighted by molar-refractivity contribution is -0.124. The number of hydrogen-bond acceptors (Lipinski definition) is 4. The molecule has 0 radical (unpaired) electrons. The van der Waals surface area contributed by atoms with Crippen molar-refractivity contribution in [2.45, 2.75) is 19.3 Å². The fourth-order valence-electron chi connectivity index (χ4n) is 2.25. The molecule has 1 N–H and O–H groups in total. The Labute approximate surface area is 117 Å². The molecular formula is C15H16N2O3. The Kier molecular flexibility index (Phi) is 3.23. The minimum atomic E-state index is -0.743. The molecule has 1 aliphatic heterocycles. The first kappa shape index (κ1) is 12.8. The van der Waals surface area contributed by atoms with Crippen molar-refractivity contribution in [2.75, 3.05) is 19.8 Å². The first-order valence-corrected chi connectivity index (χ1v) is 6.82. The van der Waals surface area contributed by atoms with E-state index < -0.39 is 5.41 Å². The number of nitriles is 1. The molecule has 1 aromatic rings. The standard InChI is InChI=1S/C15H16N2O3/c16-10-15(4-5-15)14(18)17-6-3-11-1-2-12-13(9-11)20-8-7-19-12/h1-2,9H,3-8H2,(H,17,18). The Morgan fingerprint density at radius 2 is 2.05 bits per heavy atom. The fraction of sp³-hybridized carbons (Fsp3) is 0.467. The molecule has 0 atom stereocenters. The van der Waals surface area contributed by atoms with Crippen molar-refractivity contribution in [3.8, 4) is 17.6 Å². The van der Waals surface area contributed by atoms with Gasteiger partial charge in [0.25, 0.3) is 0 Å². The molecule has 104 valence electrons. The monoisotopic (exact) mass is 272 g/mol. The van der Waals surface area contributed by atoms with E-state index >= 15 is 0 Å². The van der Waals surface area contributed by atoms with Crippen molar-refractivity contribution >= 4 is 5.91 Å². The highest BCUT2D eigenvalue weighted by Gasteiger charge is 2.50. The zero-order chi connectivity index (χ0) is 14.0. The average Bonchev–Trinajstić information content (AvgIpc) is 3.28. The van der Waals surface area contributed by atoms with Crippen LogP contribution in [0.15, 0.2) is 18.2 Å². The summed E-state index contributed by atoms with van der Waals surface area (Å²) >= 11 is 0. The van der Waals surface area contributed by atoms with Gasteiger partial charge in [0, 0.05) is 6.54 Å². The number of amides is 1. The number of carbonyl (C=O) groups excluding carboxylic acids is 1. The molecule has 0 unspecified atom stereocenters. The molecular weight excluding hydrogens is 256 g/mol. The first-order valence-electron chi connectivity index (χ1n) is 6.82. The number of rotatable bonds is 4. The summed E-state index contributed by atoms with van der Waals surface area (Å²) in [6, 6.07) is 7.90. The molecule has 1 amide bonds. The van der Waals surface area contributed by atoms with Crippen LogP contribution in [0.1, 0.15) is 18.4 Å². The summed E-state index contributed by atoms with van der Waals surface area (Å²) in [7, 11) is 0. The second kappa shape index (κ2) is 5.04. The third-order valence-electron chi connectivity index (χ3n) is 3.70. The van der Waals surface area contributed by atoms with Gasteiger partial charge in [-0.1, -0.05) is 6.07 Å². The van der Waals surface area contributed by atoms with E-state index in [1.807, 2.05) is 18.2 Å². The molecule has 5 heteroatoms. The van der Waals surface area contributed by atoms with Crippen LogP contribution in [0.3, 0.4) is 0 Å². The average molecular weight is 272 g/mol.